The van der Waals surface area contributed by atoms with E-state index in [1.54, 1.807) is 0 Å². The molecule has 6 heteroatoms. The molecule has 0 fully saturated rings. The predicted molar refractivity (Wildman–Crippen MR) is 118 cm³/mol. The molecule has 1 amide bonds. The van der Waals surface area contributed by atoms with Gasteiger partial charge in [-0.2, -0.15) is 0 Å². The second-order valence-electron chi connectivity index (χ2n) is 7.05. The van der Waals surface area contributed by atoms with Crippen LogP contribution < -0.4 is 20.7 Å². The van der Waals surface area contributed by atoms with Gasteiger partial charge in [-0.1, -0.05) is 36.4 Å². The zero-order valence-electron chi connectivity index (χ0n) is 17.0. The lowest BCUT2D eigenvalue weighted by Gasteiger charge is -2.24. The molecule has 6 nitrogen and oxygen atoms in total. The Morgan fingerprint density at radius 2 is 1.90 bits per heavy atom. The van der Waals surface area contributed by atoms with Gasteiger partial charge in [0.15, 0.2) is 5.96 Å². The summed E-state index contributed by atoms with van der Waals surface area (Å²) in [5.74, 6) is 1.86. The quantitative estimate of drug-likeness (QED) is 0.346. The van der Waals surface area contributed by atoms with Crippen LogP contribution >= 0.6 is 0 Å². The third kappa shape index (κ3) is 6.52. The Morgan fingerprint density at radius 1 is 1.10 bits per heavy atom. The number of para-hydroxylation sites is 2. The van der Waals surface area contributed by atoms with Gasteiger partial charge in [0.2, 0.25) is 5.91 Å². The fourth-order valence-corrected chi connectivity index (χ4v) is 3.35. The monoisotopic (exact) mass is 394 g/mol. The molecule has 0 saturated heterocycles. The largest absolute Gasteiger partial charge is 0.494 e. The number of carbonyl (C=O) groups excluding carboxylic acids is 1. The third-order valence-corrected chi connectivity index (χ3v) is 4.80. The summed E-state index contributed by atoms with van der Waals surface area (Å²) in [6, 6.07) is 17.8. The number of anilines is 1. The maximum Gasteiger partial charge on any atom is 0.225 e. The van der Waals surface area contributed by atoms with Crippen molar-refractivity contribution in [2.75, 3.05) is 31.6 Å². The lowest BCUT2D eigenvalue weighted by molar-refractivity contribution is -0.116. The number of nitrogens with one attached hydrogen (secondary N) is 3. The molecule has 1 aliphatic rings. The standard InChI is InChI=1S/C23H30N4O2/c1-2-24-23(25-14-8-9-15-29-19-10-4-3-5-11-19)26-17-18-16-22(28)27-21-13-7-6-12-20(18)21/h3-7,10-13,18H,2,8-9,14-17H2,1H3,(H,27,28)(H2,24,25,26). The predicted octanol–water partition coefficient (Wildman–Crippen LogP) is 3.53. The topological polar surface area (TPSA) is 74.8 Å². The van der Waals surface area contributed by atoms with Crippen molar-refractivity contribution in [3.8, 4) is 5.75 Å². The van der Waals surface area contributed by atoms with Crippen molar-refractivity contribution >= 4 is 17.6 Å². The Hall–Kier alpha value is -3.02. The first-order chi connectivity index (χ1) is 14.3. The molecule has 29 heavy (non-hydrogen) atoms. The number of unbranched alkanes of at least 4 members (excludes halogenated alkanes) is 1. The molecule has 3 N–H and O–H groups in total. The molecule has 1 atom stereocenters. The number of hydrogen-bond acceptors (Lipinski definition) is 3. The summed E-state index contributed by atoms with van der Waals surface area (Å²) in [7, 11) is 0. The molecule has 154 valence electrons. The van der Waals surface area contributed by atoms with Crippen molar-refractivity contribution in [2.24, 2.45) is 4.99 Å². The van der Waals surface area contributed by atoms with E-state index in [9.17, 15) is 4.79 Å². The third-order valence-electron chi connectivity index (χ3n) is 4.80. The van der Waals surface area contributed by atoms with Crippen molar-refractivity contribution in [1.82, 2.24) is 10.6 Å². The molecular weight excluding hydrogens is 364 g/mol. The first kappa shape index (κ1) is 20.7. The van der Waals surface area contributed by atoms with Crippen LogP contribution in [0.3, 0.4) is 0 Å². The van der Waals surface area contributed by atoms with Gasteiger partial charge in [-0.05, 0) is 43.5 Å². The van der Waals surface area contributed by atoms with Crippen molar-refractivity contribution in [1.29, 1.82) is 0 Å². The van der Waals surface area contributed by atoms with E-state index in [0.717, 1.165) is 48.9 Å². The Morgan fingerprint density at radius 3 is 2.72 bits per heavy atom. The Bertz CT molecular complexity index is 808. The second kappa shape index (κ2) is 11.1. The van der Waals surface area contributed by atoms with Crippen LogP contribution in [0.2, 0.25) is 0 Å². The van der Waals surface area contributed by atoms with E-state index in [2.05, 4.69) is 22.0 Å². The molecule has 0 spiro atoms. The first-order valence-corrected chi connectivity index (χ1v) is 10.3. The van der Waals surface area contributed by atoms with Crippen LogP contribution in [0.4, 0.5) is 5.69 Å². The molecule has 1 unspecified atom stereocenters. The molecule has 1 aliphatic heterocycles. The highest BCUT2D eigenvalue weighted by Crippen LogP contribution is 2.31. The van der Waals surface area contributed by atoms with E-state index in [4.69, 9.17) is 9.73 Å². The maximum absolute atomic E-state index is 12.0. The van der Waals surface area contributed by atoms with Crippen molar-refractivity contribution in [3.63, 3.8) is 0 Å². The van der Waals surface area contributed by atoms with E-state index in [1.165, 1.54) is 0 Å². The highest BCUT2D eigenvalue weighted by atomic mass is 16.5. The number of benzene rings is 2. The van der Waals surface area contributed by atoms with Gasteiger partial charge in [-0.3, -0.25) is 9.79 Å². The number of rotatable bonds is 9. The molecule has 0 aromatic heterocycles. The summed E-state index contributed by atoms with van der Waals surface area (Å²) < 4.78 is 5.72. The summed E-state index contributed by atoms with van der Waals surface area (Å²) in [6.45, 7) is 4.95. The normalized spacial score (nSPS) is 16.0. The second-order valence-corrected chi connectivity index (χ2v) is 7.05. The summed E-state index contributed by atoms with van der Waals surface area (Å²) in [4.78, 5) is 16.7. The number of carbonyl (C=O) groups is 1. The first-order valence-electron chi connectivity index (χ1n) is 10.3. The van der Waals surface area contributed by atoms with Gasteiger partial charge in [0, 0.05) is 31.1 Å². The zero-order valence-corrected chi connectivity index (χ0v) is 17.0. The molecule has 0 saturated carbocycles. The molecule has 0 aliphatic carbocycles. The number of aliphatic imine (C=N–C) groups is 1. The van der Waals surface area contributed by atoms with E-state index in [-0.39, 0.29) is 11.8 Å². The molecule has 2 aromatic rings. The van der Waals surface area contributed by atoms with Crippen molar-refractivity contribution in [2.45, 2.75) is 32.1 Å². The number of amides is 1. The number of hydrogen-bond donors (Lipinski definition) is 3. The average Bonchev–Trinajstić information content (AvgIpc) is 2.74. The minimum absolute atomic E-state index is 0.0558. The summed E-state index contributed by atoms with van der Waals surface area (Å²) in [5.41, 5.74) is 2.06. The van der Waals surface area contributed by atoms with Crippen LogP contribution in [-0.2, 0) is 4.79 Å². The lowest BCUT2D eigenvalue weighted by Crippen LogP contribution is -2.38. The van der Waals surface area contributed by atoms with Crippen LogP contribution in [0.25, 0.3) is 0 Å². The van der Waals surface area contributed by atoms with Crippen LogP contribution in [0.1, 0.15) is 37.7 Å². The minimum Gasteiger partial charge on any atom is -0.494 e. The number of nitrogens with zero attached hydrogens (tertiary/aromatic N) is 1. The highest BCUT2D eigenvalue weighted by Gasteiger charge is 2.24. The Balaban J connectivity index is 1.44. The van der Waals surface area contributed by atoms with Crippen LogP contribution in [0, 0.1) is 0 Å². The fraction of sp³-hybridized carbons (Fsp3) is 0.391. The molecule has 1 heterocycles. The Kier molecular flexibility index (Phi) is 7.92. The molecule has 2 aromatic carbocycles. The van der Waals surface area contributed by atoms with Gasteiger partial charge < -0.3 is 20.7 Å². The van der Waals surface area contributed by atoms with Gasteiger partial charge in [-0.25, -0.2) is 0 Å². The van der Waals surface area contributed by atoms with Crippen molar-refractivity contribution < 1.29 is 9.53 Å². The molecule has 0 bridgehead atoms. The zero-order chi connectivity index (χ0) is 20.3. The summed E-state index contributed by atoms with van der Waals surface area (Å²) >= 11 is 0. The minimum atomic E-state index is 0.0558. The fourth-order valence-electron chi connectivity index (χ4n) is 3.35. The van der Waals surface area contributed by atoms with Crippen LogP contribution in [0.5, 0.6) is 5.75 Å². The number of fused-ring (bicyclic) bond motifs is 1. The lowest BCUT2D eigenvalue weighted by atomic mass is 9.91. The molecule has 3 rings (SSSR count). The van der Waals surface area contributed by atoms with Crippen LogP contribution in [0.15, 0.2) is 59.6 Å². The van der Waals surface area contributed by atoms with Gasteiger partial charge >= 0.3 is 0 Å². The summed E-state index contributed by atoms with van der Waals surface area (Å²) in [6.07, 6.45) is 2.43. The number of guanidine groups is 1. The van der Waals surface area contributed by atoms with E-state index < -0.39 is 0 Å². The smallest absolute Gasteiger partial charge is 0.225 e. The van der Waals surface area contributed by atoms with Crippen molar-refractivity contribution in [3.05, 3.63) is 60.2 Å². The van der Waals surface area contributed by atoms with E-state index in [1.807, 2.05) is 55.5 Å². The molecular formula is C23H30N4O2. The van der Waals surface area contributed by atoms with Crippen LogP contribution in [-0.4, -0.2) is 38.1 Å². The van der Waals surface area contributed by atoms with Gasteiger partial charge in [0.25, 0.3) is 0 Å². The maximum atomic E-state index is 12.0. The highest BCUT2D eigenvalue weighted by molar-refractivity contribution is 5.94. The van der Waals surface area contributed by atoms with E-state index >= 15 is 0 Å². The van der Waals surface area contributed by atoms with E-state index in [0.29, 0.717) is 19.6 Å². The van der Waals surface area contributed by atoms with Gasteiger partial charge in [0.05, 0.1) is 13.2 Å². The number of ether oxygens (including phenoxy) is 1. The SMILES string of the molecule is CCNC(=NCC1CC(=O)Nc2ccccc21)NCCCCOc1ccccc1. The van der Waals surface area contributed by atoms with Gasteiger partial charge in [-0.15, -0.1) is 0 Å². The Labute approximate surface area is 172 Å². The summed E-state index contributed by atoms with van der Waals surface area (Å²) in [5, 5.41) is 9.60. The average molecular weight is 395 g/mol. The van der Waals surface area contributed by atoms with Gasteiger partial charge in [0.1, 0.15) is 5.75 Å². The molecule has 0 radical (unpaired) electrons.